The molecule has 2 atom stereocenters. The normalized spacial score (nSPS) is 20.5. The number of benzene rings is 1. The molecule has 0 saturated carbocycles. The molecule has 1 saturated heterocycles. The lowest BCUT2D eigenvalue weighted by molar-refractivity contribution is 0.0889. The summed E-state index contributed by atoms with van der Waals surface area (Å²) in [6.45, 7) is 6.38. The van der Waals surface area contributed by atoms with Gasteiger partial charge in [0, 0.05) is 17.7 Å². The van der Waals surface area contributed by atoms with Gasteiger partial charge in [-0.2, -0.15) is 0 Å². The fraction of sp³-hybridized carbons (Fsp3) is 0.647. The molecule has 0 aliphatic carbocycles. The van der Waals surface area contributed by atoms with Crippen LogP contribution in [-0.2, 0) is 11.2 Å². The van der Waals surface area contributed by atoms with Crippen molar-refractivity contribution in [3.63, 3.8) is 0 Å². The Morgan fingerprint density at radius 3 is 2.90 bits per heavy atom. The minimum Gasteiger partial charge on any atom is -0.378 e. The van der Waals surface area contributed by atoms with E-state index in [9.17, 15) is 0 Å². The number of hydrogen-bond acceptors (Lipinski definition) is 2. The Labute approximate surface area is 127 Å². The van der Waals surface area contributed by atoms with Crippen LogP contribution in [0.2, 0.25) is 5.02 Å². The zero-order valence-electron chi connectivity index (χ0n) is 12.6. The maximum absolute atomic E-state index is 6.09. The smallest absolute Gasteiger partial charge is 0.0579 e. The molecule has 1 N–H and O–H groups in total. The second kappa shape index (κ2) is 8.02. The van der Waals surface area contributed by atoms with Crippen LogP contribution in [0.15, 0.2) is 24.3 Å². The van der Waals surface area contributed by atoms with E-state index in [1.54, 1.807) is 0 Å². The van der Waals surface area contributed by atoms with Gasteiger partial charge in [-0.25, -0.2) is 0 Å². The van der Waals surface area contributed by atoms with Gasteiger partial charge in [-0.1, -0.05) is 37.6 Å². The molecule has 1 aliphatic heterocycles. The van der Waals surface area contributed by atoms with E-state index in [0.717, 1.165) is 31.0 Å². The summed E-state index contributed by atoms with van der Waals surface area (Å²) in [5, 5.41) is 4.39. The Hall–Kier alpha value is -0.570. The number of rotatable bonds is 7. The number of hydrogen-bond donors (Lipinski definition) is 1. The largest absolute Gasteiger partial charge is 0.378 e. The summed E-state index contributed by atoms with van der Waals surface area (Å²) in [5.74, 6) is 0.610. The summed E-state index contributed by atoms with van der Waals surface area (Å²) >= 11 is 6.09. The molecule has 20 heavy (non-hydrogen) atoms. The maximum Gasteiger partial charge on any atom is 0.0579 e. The highest BCUT2D eigenvalue weighted by atomic mass is 35.5. The van der Waals surface area contributed by atoms with Crippen LogP contribution in [0.5, 0.6) is 0 Å². The Bertz CT molecular complexity index is 402. The third-order valence-electron chi connectivity index (χ3n) is 3.85. The van der Waals surface area contributed by atoms with Crippen LogP contribution in [0.1, 0.15) is 38.7 Å². The van der Waals surface area contributed by atoms with Crippen molar-refractivity contribution in [3.8, 4) is 0 Å². The molecule has 1 heterocycles. The zero-order valence-corrected chi connectivity index (χ0v) is 13.3. The predicted molar refractivity (Wildman–Crippen MR) is 85.4 cm³/mol. The summed E-state index contributed by atoms with van der Waals surface area (Å²) < 4.78 is 5.80. The molecular formula is C17H26ClNO. The van der Waals surface area contributed by atoms with Crippen LogP contribution in [0, 0.1) is 5.92 Å². The van der Waals surface area contributed by atoms with Crippen LogP contribution in [-0.4, -0.2) is 25.3 Å². The summed E-state index contributed by atoms with van der Waals surface area (Å²) in [7, 11) is 0. The molecule has 0 radical (unpaired) electrons. The highest BCUT2D eigenvalue weighted by Crippen LogP contribution is 2.23. The van der Waals surface area contributed by atoms with Gasteiger partial charge in [0.1, 0.15) is 0 Å². The first kappa shape index (κ1) is 15.8. The monoisotopic (exact) mass is 295 g/mol. The van der Waals surface area contributed by atoms with Crippen molar-refractivity contribution >= 4 is 11.6 Å². The molecule has 2 unspecified atom stereocenters. The molecular weight excluding hydrogens is 270 g/mol. The third-order valence-corrected chi connectivity index (χ3v) is 4.08. The van der Waals surface area contributed by atoms with E-state index in [1.165, 1.54) is 18.4 Å². The molecule has 2 rings (SSSR count). The van der Waals surface area contributed by atoms with Gasteiger partial charge in [-0.05, 0) is 55.8 Å². The molecule has 1 aromatic rings. The lowest BCUT2D eigenvalue weighted by atomic mass is 9.92. The van der Waals surface area contributed by atoms with Gasteiger partial charge in [0.05, 0.1) is 6.10 Å². The quantitative estimate of drug-likeness (QED) is 0.819. The van der Waals surface area contributed by atoms with Crippen molar-refractivity contribution < 1.29 is 4.74 Å². The van der Waals surface area contributed by atoms with Gasteiger partial charge < -0.3 is 10.1 Å². The molecule has 1 aliphatic rings. The van der Waals surface area contributed by atoms with Crippen LogP contribution >= 0.6 is 11.6 Å². The number of ether oxygens (including phenoxy) is 1. The van der Waals surface area contributed by atoms with Crippen molar-refractivity contribution in [1.29, 1.82) is 0 Å². The Balaban J connectivity index is 1.93. The van der Waals surface area contributed by atoms with Gasteiger partial charge in [0.2, 0.25) is 0 Å². The van der Waals surface area contributed by atoms with Crippen molar-refractivity contribution in [3.05, 3.63) is 34.9 Å². The Morgan fingerprint density at radius 1 is 1.40 bits per heavy atom. The fourth-order valence-electron chi connectivity index (χ4n) is 2.84. The van der Waals surface area contributed by atoms with Crippen LogP contribution < -0.4 is 5.32 Å². The van der Waals surface area contributed by atoms with Crippen LogP contribution in [0.3, 0.4) is 0 Å². The minimum absolute atomic E-state index is 0.452. The van der Waals surface area contributed by atoms with E-state index in [1.807, 2.05) is 12.1 Å². The van der Waals surface area contributed by atoms with Gasteiger partial charge >= 0.3 is 0 Å². The highest BCUT2D eigenvalue weighted by Gasteiger charge is 2.21. The van der Waals surface area contributed by atoms with E-state index >= 15 is 0 Å². The highest BCUT2D eigenvalue weighted by molar-refractivity contribution is 6.30. The van der Waals surface area contributed by atoms with E-state index in [0.29, 0.717) is 18.1 Å². The second-order valence-corrected chi connectivity index (χ2v) is 6.57. The Kier molecular flexibility index (Phi) is 6.34. The van der Waals surface area contributed by atoms with E-state index in [4.69, 9.17) is 16.3 Å². The van der Waals surface area contributed by atoms with E-state index in [-0.39, 0.29) is 0 Å². The molecule has 1 aromatic carbocycles. The van der Waals surface area contributed by atoms with Crippen LogP contribution in [0.4, 0.5) is 0 Å². The third kappa shape index (κ3) is 5.43. The molecule has 0 spiro atoms. The first-order valence-electron chi connectivity index (χ1n) is 7.73. The topological polar surface area (TPSA) is 21.3 Å². The lowest BCUT2D eigenvalue weighted by Gasteiger charge is -2.22. The van der Waals surface area contributed by atoms with Crippen LogP contribution in [0.25, 0.3) is 0 Å². The van der Waals surface area contributed by atoms with Crippen molar-refractivity contribution in [1.82, 2.24) is 5.32 Å². The molecule has 1 fully saturated rings. The average molecular weight is 296 g/mol. The second-order valence-electron chi connectivity index (χ2n) is 6.13. The molecule has 0 bridgehead atoms. The molecule has 112 valence electrons. The maximum atomic E-state index is 6.09. The summed E-state index contributed by atoms with van der Waals surface area (Å²) in [4.78, 5) is 0. The Morgan fingerprint density at radius 2 is 2.25 bits per heavy atom. The molecule has 0 aromatic heterocycles. The van der Waals surface area contributed by atoms with Gasteiger partial charge in [0.25, 0.3) is 0 Å². The van der Waals surface area contributed by atoms with Gasteiger partial charge in [0.15, 0.2) is 0 Å². The van der Waals surface area contributed by atoms with E-state index in [2.05, 4.69) is 31.3 Å². The van der Waals surface area contributed by atoms with Gasteiger partial charge in [-0.15, -0.1) is 0 Å². The fourth-order valence-corrected chi connectivity index (χ4v) is 3.05. The van der Waals surface area contributed by atoms with Crippen molar-refractivity contribution in [2.75, 3.05) is 13.2 Å². The SMILES string of the molecule is CC(C)NCC(Cc1cccc(Cl)c1)CC1CCCO1. The summed E-state index contributed by atoms with van der Waals surface area (Å²) in [5.41, 5.74) is 1.33. The molecule has 2 nitrogen and oxygen atoms in total. The van der Waals surface area contributed by atoms with Crippen molar-refractivity contribution in [2.24, 2.45) is 5.92 Å². The van der Waals surface area contributed by atoms with Gasteiger partial charge in [-0.3, -0.25) is 0 Å². The first-order valence-corrected chi connectivity index (χ1v) is 8.10. The standard InChI is InChI=1S/C17H26ClNO/c1-13(2)19-12-15(11-17-7-4-8-20-17)9-14-5-3-6-16(18)10-14/h3,5-6,10,13,15,17,19H,4,7-9,11-12H2,1-2H3. The molecule has 3 heteroatoms. The number of halogens is 1. The minimum atomic E-state index is 0.452. The molecule has 0 amide bonds. The average Bonchev–Trinajstić information content (AvgIpc) is 2.89. The number of nitrogens with one attached hydrogen (secondary N) is 1. The predicted octanol–water partition coefficient (Wildman–Crippen LogP) is 4.07. The van der Waals surface area contributed by atoms with Crippen molar-refractivity contribution in [2.45, 2.75) is 51.7 Å². The summed E-state index contributed by atoms with van der Waals surface area (Å²) in [6, 6.07) is 8.76. The lowest BCUT2D eigenvalue weighted by Crippen LogP contribution is -2.31. The zero-order chi connectivity index (χ0) is 14.4. The first-order chi connectivity index (χ1) is 9.63. The summed E-state index contributed by atoms with van der Waals surface area (Å²) in [6.07, 6.45) is 5.10. The van der Waals surface area contributed by atoms with E-state index < -0.39 is 0 Å².